The summed E-state index contributed by atoms with van der Waals surface area (Å²) in [4.78, 5) is 25.0. The number of hydrogen-bond donors (Lipinski definition) is 2. The summed E-state index contributed by atoms with van der Waals surface area (Å²) in [5, 5.41) is 7.43. The third-order valence-electron chi connectivity index (χ3n) is 3.91. The van der Waals surface area contributed by atoms with Crippen molar-refractivity contribution in [2.45, 2.75) is 25.9 Å². The van der Waals surface area contributed by atoms with Gasteiger partial charge in [0.05, 0.1) is 10.9 Å². The molecule has 1 aliphatic rings. The van der Waals surface area contributed by atoms with Crippen molar-refractivity contribution in [3.63, 3.8) is 0 Å². The van der Waals surface area contributed by atoms with Crippen molar-refractivity contribution >= 4 is 23.2 Å². The minimum absolute atomic E-state index is 0.218. The molecule has 0 unspecified atom stereocenters. The van der Waals surface area contributed by atoms with Crippen LogP contribution in [0.25, 0.3) is 0 Å². The quantitative estimate of drug-likeness (QED) is 0.859. The molecule has 0 bridgehead atoms. The van der Waals surface area contributed by atoms with E-state index >= 15 is 0 Å². The first-order valence-corrected chi connectivity index (χ1v) is 8.97. The second-order valence-electron chi connectivity index (χ2n) is 5.81. The molecular formula is C18H20N2O4S. The van der Waals surface area contributed by atoms with E-state index in [4.69, 9.17) is 9.47 Å². The first-order chi connectivity index (χ1) is 12.0. The maximum absolute atomic E-state index is 12.3. The molecule has 0 spiro atoms. The number of carbonyl (C=O) groups excluding carboxylic acids is 2. The van der Waals surface area contributed by atoms with Crippen molar-refractivity contribution in [1.29, 1.82) is 0 Å². The van der Waals surface area contributed by atoms with Crippen molar-refractivity contribution in [3.05, 3.63) is 46.2 Å². The Hall–Kier alpha value is -2.54. The number of benzene rings is 1. The van der Waals surface area contributed by atoms with Gasteiger partial charge in [0.15, 0.2) is 11.5 Å². The van der Waals surface area contributed by atoms with Gasteiger partial charge in [0.2, 0.25) is 5.91 Å². The van der Waals surface area contributed by atoms with E-state index in [2.05, 4.69) is 10.6 Å². The van der Waals surface area contributed by atoms with E-state index in [1.54, 1.807) is 19.1 Å². The molecular weight excluding hydrogens is 340 g/mol. The predicted octanol–water partition coefficient (Wildman–Crippen LogP) is 2.52. The van der Waals surface area contributed by atoms with Gasteiger partial charge in [-0.2, -0.15) is 0 Å². The van der Waals surface area contributed by atoms with Crippen LogP contribution in [-0.2, 0) is 4.79 Å². The molecule has 1 aromatic carbocycles. The third kappa shape index (κ3) is 4.11. The Labute approximate surface area is 150 Å². The molecule has 0 fully saturated rings. The van der Waals surface area contributed by atoms with Crippen LogP contribution in [-0.4, -0.2) is 31.1 Å². The van der Waals surface area contributed by atoms with Gasteiger partial charge in [-0.1, -0.05) is 12.1 Å². The van der Waals surface area contributed by atoms with Crippen LogP contribution in [0.2, 0.25) is 0 Å². The lowest BCUT2D eigenvalue weighted by molar-refractivity contribution is -0.123. The number of rotatable bonds is 5. The van der Waals surface area contributed by atoms with Crippen molar-refractivity contribution < 1.29 is 19.1 Å². The fourth-order valence-electron chi connectivity index (χ4n) is 2.49. The van der Waals surface area contributed by atoms with E-state index in [-0.39, 0.29) is 17.9 Å². The van der Waals surface area contributed by atoms with Gasteiger partial charge < -0.3 is 20.1 Å². The smallest absolute Gasteiger partial charge is 0.261 e. The van der Waals surface area contributed by atoms with Gasteiger partial charge in [-0.3, -0.25) is 9.59 Å². The Balaban J connectivity index is 1.59. The van der Waals surface area contributed by atoms with Crippen LogP contribution in [0.15, 0.2) is 35.7 Å². The summed E-state index contributed by atoms with van der Waals surface area (Å²) >= 11 is 1.34. The molecule has 0 aliphatic carbocycles. The van der Waals surface area contributed by atoms with Crippen LogP contribution < -0.4 is 20.1 Å². The van der Waals surface area contributed by atoms with Crippen LogP contribution >= 0.6 is 11.3 Å². The molecule has 6 nitrogen and oxygen atoms in total. The highest BCUT2D eigenvalue weighted by atomic mass is 32.1. The van der Waals surface area contributed by atoms with E-state index in [9.17, 15) is 9.59 Å². The molecule has 2 N–H and O–H groups in total. The molecule has 2 aromatic rings. The normalized spacial score (nSPS) is 15.1. The van der Waals surface area contributed by atoms with E-state index in [1.807, 2.05) is 30.5 Å². The molecule has 1 aromatic heterocycles. The Bertz CT molecular complexity index is 760. The first-order valence-electron chi connectivity index (χ1n) is 8.09. The van der Waals surface area contributed by atoms with Crippen LogP contribution in [0, 0.1) is 0 Å². The zero-order valence-electron chi connectivity index (χ0n) is 14.1. The van der Waals surface area contributed by atoms with Crippen LogP contribution in [0.3, 0.4) is 0 Å². The molecule has 2 amide bonds. The second-order valence-corrected chi connectivity index (χ2v) is 6.75. The SMILES string of the molecule is C[C@H](NC(=O)c1cccs1)C(=O)N[C@H](C)c1ccc2c(c1)OCCO2. The Morgan fingerprint density at radius 3 is 2.56 bits per heavy atom. The monoisotopic (exact) mass is 360 g/mol. The lowest BCUT2D eigenvalue weighted by atomic mass is 10.1. The number of hydrogen-bond acceptors (Lipinski definition) is 5. The third-order valence-corrected chi connectivity index (χ3v) is 4.78. The maximum atomic E-state index is 12.3. The average Bonchev–Trinajstić information content (AvgIpc) is 3.16. The highest BCUT2D eigenvalue weighted by Gasteiger charge is 2.20. The van der Waals surface area contributed by atoms with Gasteiger partial charge in [0.25, 0.3) is 5.91 Å². The van der Waals surface area contributed by atoms with Crippen LogP contribution in [0.5, 0.6) is 11.5 Å². The summed E-state index contributed by atoms with van der Waals surface area (Å²) in [6.07, 6.45) is 0. The summed E-state index contributed by atoms with van der Waals surface area (Å²) < 4.78 is 11.1. The maximum Gasteiger partial charge on any atom is 0.261 e. The molecule has 0 saturated carbocycles. The molecule has 1 aliphatic heterocycles. The van der Waals surface area contributed by atoms with E-state index in [1.165, 1.54) is 11.3 Å². The van der Waals surface area contributed by atoms with E-state index < -0.39 is 6.04 Å². The van der Waals surface area contributed by atoms with Crippen LogP contribution in [0.1, 0.15) is 35.1 Å². The van der Waals surface area contributed by atoms with Crippen LogP contribution in [0.4, 0.5) is 0 Å². The van der Waals surface area contributed by atoms with Crippen molar-refractivity contribution in [3.8, 4) is 11.5 Å². The van der Waals surface area contributed by atoms with Crippen molar-refractivity contribution in [1.82, 2.24) is 10.6 Å². The minimum Gasteiger partial charge on any atom is -0.486 e. The fourth-order valence-corrected chi connectivity index (χ4v) is 3.12. The average molecular weight is 360 g/mol. The molecule has 132 valence electrons. The largest absolute Gasteiger partial charge is 0.486 e. The lowest BCUT2D eigenvalue weighted by Crippen LogP contribution is -2.45. The van der Waals surface area contributed by atoms with Gasteiger partial charge in [-0.25, -0.2) is 0 Å². The molecule has 25 heavy (non-hydrogen) atoms. The van der Waals surface area contributed by atoms with Gasteiger partial charge in [-0.15, -0.1) is 11.3 Å². The lowest BCUT2D eigenvalue weighted by Gasteiger charge is -2.22. The van der Waals surface area contributed by atoms with Gasteiger partial charge >= 0.3 is 0 Å². The van der Waals surface area contributed by atoms with Crippen molar-refractivity contribution in [2.75, 3.05) is 13.2 Å². The summed E-state index contributed by atoms with van der Waals surface area (Å²) in [5.74, 6) is 0.908. The van der Waals surface area contributed by atoms with Gasteiger partial charge in [0, 0.05) is 0 Å². The topological polar surface area (TPSA) is 76.7 Å². The summed E-state index contributed by atoms with van der Waals surface area (Å²) in [5.41, 5.74) is 0.911. The highest BCUT2D eigenvalue weighted by Crippen LogP contribution is 2.32. The fraction of sp³-hybridized carbons (Fsp3) is 0.333. The highest BCUT2D eigenvalue weighted by molar-refractivity contribution is 7.12. The summed E-state index contributed by atoms with van der Waals surface area (Å²) in [6, 6.07) is 8.28. The van der Waals surface area contributed by atoms with Crippen molar-refractivity contribution in [2.24, 2.45) is 0 Å². The second kappa shape index (κ2) is 7.57. The zero-order valence-corrected chi connectivity index (χ0v) is 14.9. The first kappa shape index (κ1) is 17.3. The number of ether oxygens (including phenoxy) is 2. The molecule has 2 heterocycles. The number of nitrogens with one attached hydrogen (secondary N) is 2. The number of fused-ring (bicyclic) bond motifs is 1. The van der Waals surface area contributed by atoms with Gasteiger partial charge in [0.1, 0.15) is 19.3 Å². The molecule has 7 heteroatoms. The summed E-state index contributed by atoms with van der Waals surface area (Å²) in [6.45, 7) is 4.61. The zero-order chi connectivity index (χ0) is 17.8. The number of amides is 2. The number of carbonyl (C=O) groups is 2. The summed E-state index contributed by atoms with van der Waals surface area (Å²) in [7, 11) is 0. The Kier molecular flexibility index (Phi) is 5.23. The Morgan fingerprint density at radius 2 is 1.84 bits per heavy atom. The van der Waals surface area contributed by atoms with Gasteiger partial charge in [-0.05, 0) is 43.0 Å². The molecule has 3 rings (SSSR count). The standard InChI is InChI=1S/C18H20N2O4S/c1-11(13-5-6-14-15(10-13)24-8-7-23-14)19-17(21)12(2)20-18(22)16-4-3-9-25-16/h3-6,9-12H,7-8H2,1-2H3,(H,19,21)(H,20,22)/t11-,12+/m1/s1. The minimum atomic E-state index is -0.630. The Morgan fingerprint density at radius 1 is 1.08 bits per heavy atom. The number of thiophene rings is 1. The molecule has 0 radical (unpaired) electrons. The molecule has 0 saturated heterocycles. The predicted molar refractivity (Wildman–Crippen MR) is 95.2 cm³/mol. The molecule has 2 atom stereocenters. The van der Waals surface area contributed by atoms with E-state index in [0.29, 0.717) is 29.6 Å². The van der Waals surface area contributed by atoms with E-state index in [0.717, 1.165) is 5.56 Å².